The third-order valence-electron chi connectivity index (χ3n) is 4.60. The molecule has 1 atom stereocenters. The summed E-state index contributed by atoms with van der Waals surface area (Å²) in [7, 11) is -1.34. The lowest BCUT2D eigenvalue weighted by atomic mass is 9.72. The smallest absolute Gasteiger partial charge is 0.534 e. The number of carboxylic acids is 1. The molecule has 4 rings (SSSR count). The summed E-state index contributed by atoms with van der Waals surface area (Å²) in [5.41, 5.74) is 2.93. The second-order valence-corrected chi connectivity index (χ2v) is 6.32. The summed E-state index contributed by atoms with van der Waals surface area (Å²) in [4.78, 5) is 28.1. The lowest BCUT2D eigenvalue weighted by Gasteiger charge is -2.28. The van der Waals surface area contributed by atoms with E-state index in [4.69, 9.17) is 4.65 Å². The first-order valence-electron chi connectivity index (χ1n) is 8.22. The highest BCUT2D eigenvalue weighted by molar-refractivity contribution is 6.47. The molecule has 0 spiro atoms. The van der Waals surface area contributed by atoms with Crippen LogP contribution in [0.25, 0.3) is 0 Å². The van der Waals surface area contributed by atoms with Gasteiger partial charge in [-0.3, -0.25) is 9.78 Å². The largest absolute Gasteiger partial charge is 0.547 e. The number of carbonyl (C=O) groups is 2. The first-order chi connectivity index (χ1) is 12.5. The van der Waals surface area contributed by atoms with Crippen LogP contribution < -0.4 is 15.3 Å². The monoisotopic (exact) mass is 353 g/mol. The maximum absolute atomic E-state index is 12.5. The van der Waals surface area contributed by atoms with Gasteiger partial charge in [0.25, 0.3) is 5.91 Å². The minimum atomic E-state index is -1.34. The van der Waals surface area contributed by atoms with Crippen LogP contribution in [0.4, 0.5) is 0 Å². The van der Waals surface area contributed by atoms with Gasteiger partial charge in [0, 0.05) is 19.3 Å². The molecule has 26 heavy (non-hydrogen) atoms. The first-order valence-corrected chi connectivity index (χ1v) is 8.22. The molecule has 0 saturated heterocycles. The second-order valence-electron chi connectivity index (χ2n) is 6.32. The number of hydrogen-bond donors (Lipinski definition) is 4. The molecule has 4 N–H and O–H groups in total. The molecular weight excluding hydrogens is 337 g/mol. The Labute approximate surface area is 149 Å². The van der Waals surface area contributed by atoms with Crippen LogP contribution in [0.5, 0.6) is 5.75 Å². The van der Waals surface area contributed by atoms with Gasteiger partial charge in [-0.15, -0.1) is 0 Å². The zero-order valence-corrected chi connectivity index (χ0v) is 13.7. The molecule has 3 heterocycles. The Kier molecular flexibility index (Phi) is 4.10. The van der Waals surface area contributed by atoms with Crippen LogP contribution >= 0.6 is 0 Å². The molecule has 1 amide bonds. The highest BCUT2D eigenvalue weighted by Gasteiger charge is 2.38. The first kappa shape index (κ1) is 16.6. The second kappa shape index (κ2) is 6.43. The molecule has 1 aromatic carbocycles. The van der Waals surface area contributed by atoms with Crippen molar-refractivity contribution in [1.29, 1.82) is 0 Å². The summed E-state index contributed by atoms with van der Waals surface area (Å²) in [5, 5.41) is 25.3. The topological polar surface area (TPSA) is 121 Å². The number of aromatic nitrogens is 1. The zero-order valence-electron chi connectivity index (χ0n) is 13.7. The van der Waals surface area contributed by atoms with Crippen molar-refractivity contribution in [3.8, 4) is 5.75 Å². The van der Waals surface area contributed by atoms with E-state index in [2.05, 4.69) is 15.6 Å². The van der Waals surface area contributed by atoms with Gasteiger partial charge >= 0.3 is 13.1 Å². The molecule has 0 aliphatic carbocycles. The number of nitrogens with one attached hydrogen (secondary N) is 2. The summed E-state index contributed by atoms with van der Waals surface area (Å²) >= 11 is 0. The molecule has 2 aliphatic heterocycles. The molecule has 9 heteroatoms. The van der Waals surface area contributed by atoms with E-state index in [1.807, 2.05) is 0 Å². The van der Waals surface area contributed by atoms with Crippen LogP contribution in [-0.4, -0.2) is 40.1 Å². The number of carbonyl (C=O) groups excluding carboxylic acids is 1. The van der Waals surface area contributed by atoms with Crippen molar-refractivity contribution in [3.63, 3.8) is 0 Å². The number of para-hydroxylation sites is 1. The lowest BCUT2D eigenvalue weighted by Crippen LogP contribution is -2.53. The van der Waals surface area contributed by atoms with E-state index < -0.39 is 19.0 Å². The summed E-state index contributed by atoms with van der Waals surface area (Å²) in [6.45, 7) is 1.36. The van der Waals surface area contributed by atoms with Crippen LogP contribution in [-0.2, 0) is 19.5 Å². The van der Waals surface area contributed by atoms with E-state index in [9.17, 15) is 19.7 Å². The molecule has 0 fully saturated rings. The Hall–Kier alpha value is -2.91. The SMILES string of the molecule is O=C(NC1Cc2cccc(C(=O)O)c2OB1O)c1cnc2c(c1)CNC2. The van der Waals surface area contributed by atoms with Crippen LogP contribution in [0.15, 0.2) is 30.5 Å². The number of carboxylic acid groups (broad SMARTS) is 1. The number of benzene rings is 1. The third kappa shape index (κ3) is 2.91. The Morgan fingerprint density at radius 3 is 2.96 bits per heavy atom. The van der Waals surface area contributed by atoms with Crippen molar-refractivity contribution in [2.45, 2.75) is 25.5 Å². The third-order valence-corrected chi connectivity index (χ3v) is 4.60. The highest BCUT2D eigenvalue weighted by Crippen LogP contribution is 2.30. The highest BCUT2D eigenvalue weighted by atomic mass is 16.5. The molecule has 0 radical (unpaired) electrons. The summed E-state index contributed by atoms with van der Waals surface area (Å²) in [6, 6.07) is 6.52. The van der Waals surface area contributed by atoms with E-state index in [0.29, 0.717) is 24.2 Å². The molecule has 1 unspecified atom stereocenters. The zero-order chi connectivity index (χ0) is 18.3. The quantitative estimate of drug-likeness (QED) is 0.579. The number of amides is 1. The lowest BCUT2D eigenvalue weighted by molar-refractivity contribution is 0.0693. The van der Waals surface area contributed by atoms with Crippen LogP contribution in [0.3, 0.4) is 0 Å². The number of fused-ring (bicyclic) bond motifs is 2. The minimum absolute atomic E-state index is 0.0124. The van der Waals surface area contributed by atoms with Crippen molar-refractivity contribution in [1.82, 2.24) is 15.6 Å². The van der Waals surface area contributed by atoms with Gasteiger partial charge in [0.2, 0.25) is 0 Å². The van der Waals surface area contributed by atoms with E-state index >= 15 is 0 Å². The molecular formula is C17H16BN3O5. The predicted molar refractivity (Wildman–Crippen MR) is 91.7 cm³/mol. The van der Waals surface area contributed by atoms with E-state index in [1.165, 1.54) is 12.3 Å². The van der Waals surface area contributed by atoms with Gasteiger partial charge in [0.05, 0.1) is 22.8 Å². The van der Waals surface area contributed by atoms with Crippen LogP contribution in [0.1, 0.15) is 37.5 Å². The predicted octanol–water partition coefficient (Wildman–Crippen LogP) is 0.136. The van der Waals surface area contributed by atoms with Crippen LogP contribution in [0, 0.1) is 0 Å². The molecule has 0 saturated carbocycles. The Morgan fingerprint density at radius 1 is 1.31 bits per heavy atom. The molecule has 8 nitrogen and oxygen atoms in total. The fraction of sp³-hybridized carbons (Fsp3) is 0.235. The molecule has 0 bridgehead atoms. The fourth-order valence-electron chi connectivity index (χ4n) is 3.26. The van der Waals surface area contributed by atoms with E-state index in [-0.39, 0.29) is 23.6 Å². The van der Waals surface area contributed by atoms with E-state index in [1.54, 1.807) is 18.2 Å². The van der Waals surface area contributed by atoms with Crippen molar-refractivity contribution in [3.05, 3.63) is 58.4 Å². The summed E-state index contributed by atoms with van der Waals surface area (Å²) < 4.78 is 5.38. The van der Waals surface area contributed by atoms with Crippen LogP contribution in [0.2, 0.25) is 0 Å². The number of pyridine rings is 1. The molecule has 2 aromatic rings. The van der Waals surface area contributed by atoms with Gasteiger partial charge in [0.1, 0.15) is 5.75 Å². The average Bonchev–Trinajstić information content (AvgIpc) is 3.09. The van der Waals surface area contributed by atoms with Gasteiger partial charge < -0.3 is 25.4 Å². The normalized spacial score (nSPS) is 17.9. The van der Waals surface area contributed by atoms with Crippen molar-refractivity contribution in [2.24, 2.45) is 0 Å². The fourth-order valence-corrected chi connectivity index (χ4v) is 3.26. The van der Waals surface area contributed by atoms with Crippen molar-refractivity contribution < 1.29 is 24.4 Å². The Balaban J connectivity index is 1.53. The van der Waals surface area contributed by atoms with Gasteiger partial charge in [-0.25, -0.2) is 4.79 Å². The standard InChI is InChI=1S/C17H16BN3O5/c22-16(11-4-10-6-19-8-13(10)20-7-11)21-14-5-9-2-1-3-12(17(23)24)15(9)26-18(14)25/h1-4,7,14,19,25H,5-6,8H2,(H,21,22)(H,23,24). The summed E-state index contributed by atoms with van der Waals surface area (Å²) in [6.07, 6.45) is 1.77. The maximum atomic E-state index is 12.5. The number of aromatic carboxylic acids is 1. The number of rotatable bonds is 3. The van der Waals surface area contributed by atoms with Gasteiger partial charge in [-0.1, -0.05) is 12.1 Å². The average molecular weight is 353 g/mol. The number of nitrogens with zero attached hydrogens (tertiary/aromatic N) is 1. The van der Waals surface area contributed by atoms with Gasteiger partial charge in [-0.2, -0.15) is 0 Å². The van der Waals surface area contributed by atoms with Gasteiger partial charge in [-0.05, 0) is 29.7 Å². The Bertz CT molecular complexity index is 904. The maximum Gasteiger partial charge on any atom is 0.547 e. The number of hydrogen-bond acceptors (Lipinski definition) is 6. The minimum Gasteiger partial charge on any atom is -0.534 e. The van der Waals surface area contributed by atoms with Gasteiger partial charge in [0.15, 0.2) is 0 Å². The van der Waals surface area contributed by atoms with E-state index in [0.717, 1.165) is 11.3 Å². The van der Waals surface area contributed by atoms with Crippen molar-refractivity contribution in [2.75, 3.05) is 0 Å². The molecule has 2 aliphatic rings. The summed E-state index contributed by atoms with van der Waals surface area (Å²) in [5.74, 6) is -2.04. The molecule has 132 valence electrons. The Morgan fingerprint density at radius 2 is 2.15 bits per heavy atom. The molecule has 1 aromatic heterocycles. The van der Waals surface area contributed by atoms with Crippen molar-refractivity contribution >= 4 is 19.0 Å².